The van der Waals surface area contributed by atoms with Crippen molar-refractivity contribution in [1.82, 2.24) is 10.1 Å². The zero-order valence-corrected chi connectivity index (χ0v) is 13.9. The number of nitriles is 1. The average Bonchev–Trinajstić information content (AvgIpc) is 3.31. The lowest BCUT2D eigenvalue weighted by molar-refractivity contribution is -0.117. The summed E-state index contributed by atoms with van der Waals surface area (Å²) in [6, 6.07) is 11.7. The van der Waals surface area contributed by atoms with Gasteiger partial charge in [0.2, 0.25) is 5.91 Å². The molecule has 1 aliphatic heterocycles. The predicted octanol–water partition coefficient (Wildman–Crippen LogP) is 3.41. The van der Waals surface area contributed by atoms with Crippen molar-refractivity contribution in [3.05, 3.63) is 65.5 Å². The number of amides is 1. The quantitative estimate of drug-likeness (QED) is 0.709. The van der Waals surface area contributed by atoms with Crippen molar-refractivity contribution in [2.45, 2.75) is 12.3 Å². The van der Waals surface area contributed by atoms with E-state index < -0.39 is 17.6 Å². The first-order valence-corrected chi connectivity index (χ1v) is 8.14. The smallest absolute Gasteiger partial charge is 0.257 e. The minimum atomic E-state index is -0.674. The van der Waals surface area contributed by atoms with Crippen molar-refractivity contribution < 1.29 is 18.1 Å². The fourth-order valence-corrected chi connectivity index (χ4v) is 3.05. The highest BCUT2D eigenvalue weighted by Crippen LogP contribution is 2.33. The second-order valence-electron chi connectivity index (χ2n) is 6.15. The lowest BCUT2D eigenvalue weighted by Crippen LogP contribution is -2.25. The normalized spacial score (nSPS) is 16.6. The first-order valence-electron chi connectivity index (χ1n) is 8.14. The molecule has 8 heteroatoms. The molecule has 0 N–H and O–H groups in total. The SMILES string of the molecule is N#Cc1cccc(-c2nc(C3CC(=O)N(c4cc(F)ccc4F)C3)no2)c1. The van der Waals surface area contributed by atoms with E-state index in [0.717, 1.165) is 18.2 Å². The van der Waals surface area contributed by atoms with Gasteiger partial charge < -0.3 is 9.42 Å². The fourth-order valence-electron chi connectivity index (χ4n) is 3.05. The van der Waals surface area contributed by atoms with Gasteiger partial charge in [-0.15, -0.1) is 0 Å². The molecule has 0 radical (unpaired) electrons. The van der Waals surface area contributed by atoms with E-state index in [4.69, 9.17) is 9.78 Å². The highest BCUT2D eigenvalue weighted by Gasteiger charge is 2.36. The first-order chi connectivity index (χ1) is 13.0. The summed E-state index contributed by atoms with van der Waals surface area (Å²) in [5.41, 5.74) is 0.939. The van der Waals surface area contributed by atoms with Crippen LogP contribution in [0.25, 0.3) is 11.5 Å². The van der Waals surface area contributed by atoms with Gasteiger partial charge in [0.15, 0.2) is 5.82 Å². The summed E-state index contributed by atoms with van der Waals surface area (Å²) in [4.78, 5) is 17.8. The molecule has 2 aromatic carbocycles. The molecule has 0 spiro atoms. The van der Waals surface area contributed by atoms with Crippen LogP contribution in [0.3, 0.4) is 0 Å². The molecule has 4 rings (SSSR count). The summed E-state index contributed by atoms with van der Waals surface area (Å²) >= 11 is 0. The second kappa shape index (κ2) is 6.61. The lowest BCUT2D eigenvalue weighted by atomic mass is 10.1. The van der Waals surface area contributed by atoms with Crippen LogP contribution in [0, 0.1) is 23.0 Å². The number of benzene rings is 2. The number of anilines is 1. The predicted molar refractivity (Wildman–Crippen MR) is 90.5 cm³/mol. The van der Waals surface area contributed by atoms with Gasteiger partial charge in [-0.25, -0.2) is 8.78 Å². The van der Waals surface area contributed by atoms with Crippen LogP contribution in [0.15, 0.2) is 47.0 Å². The molecule has 1 aliphatic rings. The zero-order chi connectivity index (χ0) is 19.0. The van der Waals surface area contributed by atoms with Gasteiger partial charge in [0.1, 0.15) is 11.6 Å². The Morgan fingerprint density at radius 3 is 2.89 bits per heavy atom. The third kappa shape index (κ3) is 3.15. The molecular formula is C19H12F2N4O2. The maximum absolute atomic E-state index is 14.0. The van der Waals surface area contributed by atoms with E-state index in [9.17, 15) is 13.6 Å². The molecular weight excluding hydrogens is 354 g/mol. The number of rotatable bonds is 3. The van der Waals surface area contributed by atoms with Crippen LogP contribution in [0.5, 0.6) is 0 Å². The Bertz CT molecular complexity index is 1070. The van der Waals surface area contributed by atoms with Crippen LogP contribution in [0.4, 0.5) is 14.5 Å². The van der Waals surface area contributed by atoms with Gasteiger partial charge in [-0.3, -0.25) is 4.79 Å². The van der Waals surface area contributed by atoms with Crippen LogP contribution >= 0.6 is 0 Å². The topological polar surface area (TPSA) is 83.0 Å². The summed E-state index contributed by atoms with van der Waals surface area (Å²) < 4.78 is 32.7. The Labute approximate surface area is 152 Å². The van der Waals surface area contributed by atoms with Crippen LogP contribution in [0.2, 0.25) is 0 Å². The van der Waals surface area contributed by atoms with E-state index in [1.165, 1.54) is 4.90 Å². The Kier molecular flexibility index (Phi) is 4.12. The molecule has 0 bridgehead atoms. The number of carbonyl (C=O) groups excluding carboxylic acids is 1. The highest BCUT2D eigenvalue weighted by molar-refractivity contribution is 5.96. The monoisotopic (exact) mass is 366 g/mol. The molecule has 2 heterocycles. The third-order valence-corrected chi connectivity index (χ3v) is 4.37. The molecule has 6 nitrogen and oxygen atoms in total. The molecule has 0 saturated carbocycles. The van der Waals surface area contributed by atoms with E-state index in [1.807, 2.05) is 6.07 Å². The molecule has 1 amide bonds. The second-order valence-corrected chi connectivity index (χ2v) is 6.15. The van der Waals surface area contributed by atoms with E-state index >= 15 is 0 Å². The third-order valence-electron chi connectivity index (χ3n) is 4.37. The van der Waals surface area contributed by atoms with E-state index in [1.54, 1.807) is 24.3 Å². The Morgan fingerprint density at radius 2 is 2.07 bits per heavy atom. The Hall–Kier alpha value is -3.60. The van der Waals surface area contributed by atoms with Gasteiger partial charge in [-0.1, -0.05) is 11.2 Å². The number of hydrogen-bond donors (Lipinski definition) is 0. The maximum Gasteiger partial charge on any atom is 0.257 e. The van der Waals surface area contributed by atoms with Crippen LogP contribution in [0.1, 0.15) is 23.7 Å². The first kappa shape index (κ1) is 16.8. The molecule has 1 unspecified atom stereocenters. The van der Waals surface area contributed by atoms with E-state index in [0.29, 0.717) is 17.0 Å². The standard InChI is InChI=1S/C19H12F2N4O2/c20-14-4-5-15(21)16(8-14)25-10-13(7-17(25)26)18-23-19(27-24-18)12-3-1-2-11(6-12)9-22/h1-6,8,13H,7,10H2. The van der Waals surface area contributed by atoms with Gasteiger partial charge in [-0.05, 0) is 30.3 Å². The molecule has 1 atom stereocenters. The molecule has 1 aromatic heterocycles. The minimum Gasteiger partial charge on any atom is -0.334 e. The molecule has 1 fully saturated rings. The van der Waals surface area contributed by atoms with Crippen molar-refractivity contribution in [2.24, 2.45) is 0 Å². The van der Waals surface area contributed by atoms with Gasteiger partial charge in [-0.2, -0.15) is 10.2 Å². The summed E-state index contributed by atoms with van der Waals surface area (Å²) in [5.74, 6) is -1.52. The summed E-state index contributed by atoms with van der Waals surface area (Å²) in [5, 5.41) is 12.9. The Morgan fingerprint density at radius 1 is 1.22 bits per heavy atom. The van der Waals surface area contributed by atoms with Crippen molar-refractivity contribution in [3.8, 4) is 17.5 Å². The molecule has 1 saturated heterocycles. The fraction of sp³-hybridized carbons (Fsp3) is 0.158. The summed E-state index contributed by atoms with van der Waals surface area (Å²) in [6.07, 6.45) is 0.0627. The lowest BCUT2D eigenvalue weighted by Gasteiger charge is -2.16. The van der Waals surface area contributed by atoms with Crippen molar-refractivity contribution in [3.63, 3.8) is 0 Å². The van der Waals surface area contributed by atoms with Crippen molar-refractivity contribution in [1.29, 1.82) is 5.26 Å². The van der Waals surface area contributed by atoms with Gasteiger partial charge in [0.25, 0.3) is 5.89 Å². The Balaban J connectivity index is 1.59. The van der Waals surface area contributed by atoms with E-state index in [-0.39, 0.29) is 30.5 Å². The molecule has 0 aliphatic carbocycles. The number of aromatic nitrogens is 2. The van der Waals surface area contributed by atoms with Gasteiger partial charge in [0.05, 0.1) is 17.3 Å². The van der Waals surface area contributed by atoms with E-state index in [2.05, 4.69) is 10.1 Å². The zero-order valence-electron chi connectivity index (χ0n) is 13.9. The van der Waals surface area contributed by atoms with Crippen LogP contribution in [-0.2, 0) is 4.79 Å². The largest absolute Gasteiger partial charge is 0.334 e. The maximum atomic E-state index is 14.0. The van der Waals surface area contributed by atoms with Crippen LogP contribution in [-0.4, -0.2) is 22.6 Å². The minimum absolute atomic E-state index is 0.0627. The number of carbonyl (C=O) groups is 1. The van der Waals surface area contributed by atoms with Gasteiger partial charge in [0, 0.05) is 30.5 Å². The molecule has 27 heavy (non-hydrogen) atoms. The molecule has 3 aromatic rings. The molecule has 134 valence electrons. The van der Waals surface area contributed by atoms with Gasteiger partial charge >= 0.3 is 0 Å². The van der Waals surface area contributed by atoms with Crippen molar-refractivity contribution >= 4 is 11.6 Å². The summed E-state index contributed by atoms with van der Waals surface area (Å²) in [7, 11) is 0. The number of halogens is 2. The number of hydrogen-bond acceptors (Lipinski definition) is 5. The highest BCUT2D eigenvalue weighted by atomic mass is 19.1. The van der Waals surface area contributed by atoms with Crippen molar-refractivity contribution in [2.75, 3.05) is 11.4 Å². The van der Waals surface area contributed by atoms with Crippen LogP contribution < -0.4 is 4.90 Å². The summed E-state index contributed by atoms with van der Waals surface area (Å²) in [6.45, 7) is 0.121. The average molecular weight is 366 g/mol. The number of nitrogens with zero attached hydrogens (tertiary/aromatic N) is 4.